The van der Waals surface area contributed by atoms with E-state index in [2.05, 4.69) is 5.32 Å². The molecule has 0 aliphatic carbocycles. The summed E-state index contributed by atoms with van der Waals surface area (Å²) in [7, 11) is 1.32. The number of amides is 1. The van der Waals surface area contributed by atoms with Crippen LogP contribution in [0.5, 0.6) is 11.5 Å². The number of halogens is 4. The van der Waals surface area contributed by atoms with Gasteiger partial charge in [0, 0.05) is 23.9 Å². The monoisotopic (exact) mass is 404 g/mol. The van der Waals surface area contributed by atoms with E-state index in [1.54, 1.807) is 12.1 Å². The van der Waals surface area contributed by atoms with E-state index in [-0.39, 0.29) is 36.2 Å². The molecule has 0 spiro atoms. The van der Waals surface area contributed by atoms with Crippen molar-refractivity contribution in [1.29, 1.82) is 0 Å². The van der Waals surface area contributed by atoms with E-state index in [4.69, 9.17) is 15.2 Å². The Morgan fingerprint density at radius 1 is 1.15 bits per heavy atom. The number of methoxy groups -OCH3 is 1. The van der Waals surface area contributed by atoms with Crippen molar-refractivity contribution in [2.24, 2.45) is 0 Å². The third-order valence-electron chi connectivity index (χ3n) is 3.52. The number of nitrogens with one attached hydrogen (secondary N) is 1. The van der Waals surface area contributed by atoms with E-state index in [0.717, 1.165) is 5.56 Å². The Bertz CT molecular complexity index is 770. The SMILES string of the molecule is COc1ccc(NC(=O)CCc2ccccc2N)cc1OCC(F)(F)F.Cl. The van der Waals surface area contributed by atoms with Gasteiger partial charge in [0.05, 0.1) is 7.11 Å². The van der Waals surface area contributed by atoms with Crippen molar-refractivity contribution in [3.8, 4) is 11.5 Å². The molecule has 5 nitrogen and oxygen atoms in total. The smallest absolute Gasteiger partial charge is 0.422 e. The van der Waals surface area contributed by atoms with Gasteiger partial charge in [-0.25, -0.2) is 0 Å². The van der Waals surface area contributed by atoms with Gasteiger partial charge < -0.3 is 20.5 Å². The van der Waals surface area contributed by atoms with Crippen LogP contribution in [0.1, 0.15) is 12.0 Å². The summed E-state index contributed by atoms with van der Waals surface area (Å²) in [5.41, 5.74) is 7.60. The molecule has 0 heterocycles. The van der Waals surface area contributed by atoms with Crippen LogP contribution in [-0.4, -0.2) is 25.8 Å². The lowest BCUT2D eigenvalue weighted by molar-refractivity contribution is -0.153. The predicted octanol–water partition coefficient (Wildman–Crippen LogP) is 4.21. The summed E-state index contributed by atoms with van der Waals surface area (Å²) in [6, 6.07) is 11.5. The lowest BCUT2D eigenvalue weighted by Crippen LogP contribution is -2.19. The number of hydrogen-bond donors (Lipinski definition) is 2. The third kappa shape index (κ3) is 7.26. The number of carbonyl (C=O) groups excluding carboxylic acids is 1. The van der Waals surface area contributed by atoms with E-state index in [0.29, 0.717) is 17.8 Å². The van der Waals surface area contributed by atoms with Crippen LogP contribution in [0.25, 0.3) is 0 Å². The average molecular weight is 405 g/mol. The topological polar surface area (TPSA) is 73.6 Å². The largest absolute Gasteiger partial charge is 0.493 e. The molecule has 2 rings (SSSR count). The Morgan fingerprint density at radius 2 is 1.85 bits per heavy atom. The minimum Gasteiger partial charge on any atom is -0.493 e. The first-order chi connectivity index (χ1) is 12.3. The van der Waals surface area contributed by atoms with Crippen LogP contribution < -0.4 is 20.5 Å². The minimum absolute atomic E-state index is 0. The fourth-order valence-electron chi connectivity index (χ4n) is 2.26. The van der Waals surface area contributed by atoms with Crippen LogP contribution in [0.4, 0.5) is 24.5 Å². The number of nitrogen functional groups attached to an aromatic ring is 1. The van der Waals surface area contributed by atoms with Gasteiger partial charge in [-0.15, -0.1) is 12.4 Å². The highest BCUT2D eigenvalue weighted by molar-refractivity contribution is 5.91. The Kier molecular flexibility index (Phi) is 8.24. The average Bonchev–Trinajstić information content (AvgIpc) is 2.59. The second kappa shape index (κ2) is 9.91. The lowest BCUT2D eigenvalue weighted by atomic mass is 10.1. The van der Waals surface area contributed by atoms with Crippen molar-refractivity contribution in [3.63, 3.8) is 0 Å². The fourth-order valence-corrected chi connectivity index (χ4v) is 2.26. The molecule has 0 atom stereocenters. The van der Waals surface area contributed by atoms with Crippen LogP contribution in [0.3, 0.4) is 0 Å². The predicted molar refractivity (Wildman–Crippen MR) is 99.6 cm³/mol. The highest BCUT2D eigenvalue weighted by Gasteiger charge is 2.29. The summed E-state index contributed by atoms with van der Waals surface area (Å²) in [6.45, 7) is -1.45. The van der Waals surface area contributed by atoms with Gasteiger partial charge in [0.25, 0.3) is 0 Å². The van der Waals surface area contributed by atoms with Crippen molar-refractivity contribution in [2.45, 2.75) is 19.0 Å². The molecule has 2 aromatic rings. The van der Waals surface area contributed by atoms with Gasteiger partial charge in [0.2, 0.25) is 5.91 Å². The number of anilines is 2. The van der Waals surface area contributed by atoms with E-state index in [1.807, 2.05) is 12.1 Å². The lowest BCUT2D eigenvalue weighted by Gasteiger charge is -2.14. The molecule has 0 saturated carbocycles. The maximum atomic E-state index is 12.3. The molecule has 27 heavy (non-hydrogen) atoms. The maximum Gasteiger partial charge on any atom is 0.422 e. The van der Waals surface area contributed by atoms with Gasteiger partial charge >= 0.3 is 6.18 Å². The van der Waals surface area contributed by atoms with Gasteiger partial charge in [-0.3, -0.25) is 4.79 Å². The first-order valence-electron chi connectivity index (χ1n) is 7.79. The van der Waals surface area contributed by atoms with Crippen LogP contribution in [-0.2, 0) is 11.2 Å². The summed E-state index contributed by atoms with van der Waals surface area (Å²) < 4.78 is 46.7. The van der Waals surface area contributed by atoms with E-state index >= 15 is 0 Å². The summed E-state index contributed by atoms with van der Waals surface area (Å²) in [6.07, 6.45) is -3.84. The molecule has 0 radical (unpaired) electrons. The quantitative estimate of drug-likeness (QED) is 0.678. The number of carbonyl (C=O) groups is 1. The Labute approximate surface area is 161 Å². The molecule has 0 unspecified atom stereocenters. The van der Waals surface area contributed by atoms with Crippen molar-refractivity contribution in [2.75, 3.05) is 24.8 Å². The number of alkyl halides is 3. The van der Waals surface area contributed by atoms with Gasteiger partial charge in [0.15, 0.2) is 18.1 Å². The highest BCUT2D eigenvalue weighted by Crippen LogP contribution is 2.31. The fraction of sp³-hybridized carbons (Fsp3) is 0.278. The number of para-hydroxylation sites is 1. The first kappa shape index (κ1) is 22.4. The van der Waals surface area contributed by atoms with E-state index in [9.17, 15) is 18.0 Å². The number of rotatable bonds is 7. The molecule has 9 heteroatoms. The second-order valence-corrected chi connectivity index (χ2v) is 5.52. The number of nitrogens with two attached hydrogens (primary N) is 1. The van der Waals surface area contributed by atoms with Gasteiger partial charge in [-0.2, -0.15) is 13.2 Å². The summed E-state index contributed by atoms with van der Waals surface area (Å²) in [5.74, 6) is -0.251. The molecular weight excluding hydrogens is 385 g/mol. The zero-order chi connectivity index (χ0) is 19.2. The molecular formula is C18H20ClF3N2O3. The van der Waals surface area contributed by atoms with Crippen molar-refractivity contribution < 1.29 is 27.4 Å². The first-order valence-corrected chi connectivity index (χ1v) is 7.79. The number of aryl methyl sites for hydroxylation is 1. The van der Waals surface area contributed by atoms with Gasteiger partial charge in [-0.05, 0) is 30.2 Å². The molecule has 0 bridgehead atoms. The summed E-state index contributed by atoms with van der Waals surface area (Å²) in [4.78, 5) is 12.1. The maximum absolute atomic E-state index is 12.3. The Morgan fingerprint density at radius 3 is 2.48 bits per heavy atom. The molecule has 148 valence electrons. The Hall–Kier alpha value is -2.61. The number of benzene rings is 2. The number of hydrogen-bond acceptors (Lipinski definition) is 4. The van der Waals surface area contributed by atoms with Gasteiger partial charge in [-0.1, -0.05) is 18.2 Å². The number of ether oxygens (including phenoxy) is 2. The highest BCUT2D eigenvalue weighted by atomic mass is 35.5. The molecule has 0 aliphatic heterocycles. The molecule has 0 aliphatic rings. The van der Waals surface area contributed by atoms with E-state index in [1.165, 1.54) is 25.3 Å². The van der Waals surface area contributed by atoms with Crippen LogP contribution in [0, 0.1) is 0 Å². The van der Waals surface area contributed by atoms with Crippen LogP contribution in [0.2, 0.25) is 0 Å². The van der Waals surface area contributed by atoms with Crippen molar-refractivity contribution in [1.82, 2.24) is 0 Å². The van der Waals surface area contributed by atoms with Gasteiger partial charge in [0.1, 0.15) is 0 Å². The van der Waals surface area contributed by atoms with Crippen LogP contribution >= 0.6 is 12.4 Å². The summed E-state index contributed by atoms with van der Waals surface area (Å²) >= 11 is 0. The third-order valence-corrected chi connectivity index (χ3v) is 3.52. The minimum atomic E-state index is -4.47. The Balaban J connectivity index is 0.00000364. The molecule has 0 aromatic heterocycles. The molecule has 1 amide bonds. The zero-order valence-electron chi connectivity index (χ0n) is 14.5. The molecule has 0 saturated heterocycles. The van der Waals surface area contributed by atoms with E-state index < -0.39 is 12.8 Å². The second-order valence-electron chi connectivity index (χ2n) is 5.52. The normalized spacial score (nSPS) is 10.7. The standard InChI is InChI=1S/C18H19F3N2O3.ClH/c1-25-15-8-7-13(10-16(15)26-11-18(19,20)21)23-17(24)9-6-12-4-2-3-5-14(12)22;/h2-5,7-8,10H,6,9,11,22H2,1H3,(H,23,24);1H. The molecule has 3 N–H and O–H groups in total. The summed E-state index contributed by atoms with van der Waals surface area (Å²) in [5, 5.41) is 2.62. The van der Waals surface area contributed by atoms with Crippen molar-refractivity contribution >= 4 is 29.7 Å². The zero-order valence-corrected chi connectivity index (χ0v) is 15.3. The molecule has 2 aromatic carbocycles. The van der Waals surface area contributed by atoms with Crippen molar-refractivity contribution in [3.05, 3.63) is 48.0 Å². The molecule has 0 fully saturated rings. The van der Waals surface area contributed by atoms with Crippen LogP contribution in [0.15, 0.2) is 42.5 Å².